The first-order valence-corrected chi connectivity index (χ1v) is 5.83. The summed E-state index contributed by atoms with van der Waals surface area (Å²) in [6.07, 6.45) is 3.46. The van der Waals surface area contributed by atoms with Gasteiger partial charge in [-0.25, -0.2) is 0 Å². The van der Waals surface area contributed by atoms with E-state index in [1.807, 2.05) is 0 Å². The van der Waals surface area contributed by atoms with Crippen LogP contribution in [0.25, 0.3) is 0 Å². The molecule has 0 aromatic heterocycles. The highest BCUT2D eigenvalue weighted by Crippen LogP contribution is 2.46. The number of carbonyl (C=O) groups is 2. The van der Waals surface area contributed by atoms with Gasteiger partial charge in [0.05, 0.1) is 16.9 Å². The zero-order chi connectivity index (χ0) is 11.8. The molecule has 6 heteroatoms. The molecular weight excluding hydrogens is 226 g/mol. The summed E-state index contributed by atoms with van der Waals surface area (Å²) in [6.45, 7) is 0.0136. The van der Waals surface area contributed by atoms with E-state index in [2.05, 4.69) is 10.6 Å². The Morgan fingerprint density at radius 2 is 2.00 bits per heavy atom. The zero-order valence-corrected chi connectivity index (χ0v) is 9.73. The van der Waals surface area contributed by atoms with Crippen LogP contribution in [0.15, 0.2) is 0 Å². The lowest BCUT2D eigenvalue weighted by molar-refractivity contribution is -0.127. The average Bonchev–Trinajstić information content (AvgIpc) is 3.06. The summed E-state index contributed by atoms with van der Waals surface area (Å²) in [5.74, 6) is -0.361. The van der Waals surface area contributed by atoms with Crippen molar-refractivity contribution in [1.29, 1.82) is 0 Å². The van der Waals surface area contributed by atoms with E-state index in [1.54, 1.807) is 0 Å². The van der Waals surface area contributed by atoms with Crippen molar-refractivity contribution in [3.8, 4) is 0 Å². The third-order valence-corrected chi connectivity index (χ3v) is 3.40. The first kappa shape index (κ1) is 11.3. The van der Waals surface area contributed by atoms with Crippen molar-refractivity contribution in [2.75, 3.05) is 6.54 Å². The molecule has 88 valence electrons. The van der Waals surface area contributed by atoms with Gasteiger partial charge in [0.15, 0.2) is 0 Å². The summed E-state index contributed by atoms with van der Waals surface area (Å²) in [6, 6.07) is 0.315. The van der Waals surface area contributed by atoms with Crippen molar-refractivity contribution in [1.82, 2.24) is 10.6 Å². The number of hydrogen-bond donors (Lipinski definition) is 3. The Kier molecular flexibility index (Phi) is 2.84. The lowest BCUT2D eigenvalue weighted by atomic mass is 10.1. The van der Waals surface area contributed by atoms with Crippen molar-refractivity contribution < 1.29 is 9.59 Å². The largest absolute Gasteiger partial charge is 0.392 e. The molecule has 2 rings (SSSR count). The van der Waals surface area contributed by atoms with Crippen molar-refractivity contribution in [3.63, 3.8) is 0 Å². The van der Waals surface area contributed by atoms with Crippen molar-refractivity contribution in [3.05, 3.63) is 0 Å². The molecule has 0 aromatic rings. The van der Waals surface area contributed by atoms with Gasteiger partial charge in [-0.05, 0) is 25.7 Å². The van der Waals surface area contributed by atoms with Crippen molar-refractivity contribution in [2.45, 2.75) is 31.7 Å². The van der Waals surface area contributed by atoms with Gasteiger partial charge in [0.25, 0.3) is 0 Å². The minimum atomic E-state index is -0.671. The van der Waals surface area contributed by atoms with Crippen LogP contribution in [0.5, 0.6) is 0 Å². The van der Waals surface area contributed by atoms with Crippen LogP contribution in [0.1, 0.15) is 25.7 Å². The predicted molar refractivity (Wildman–Crippen MR) is 62.6 cm³/mol. The molecule has 2 fully saturated rings. The third-order valence-electron chi connectivity index (χ3n) is 3.01. The van der Waals surface area contributed by atoms with Gasteiger partial charge in [-0.15, -0.1) is 0 Å². The molecule has 2 amide bonds. The van der Waals surface area contributed by atoms with E-state index in [0.717, 1.165) is 12.8 Å². The molecule has 0 unspecified atom stereocenters. The smallest absolute Gasteiger partial charge is 0.239 e. The van der Waals surface area contributed by atoms with Gasteiger partial charge in [-0.3, -0.25) is 9.59 Å². The second-order valence-corrected chi connectivity index (χ2v) is 4.91. The number of hydrogen-bond acceptors (Lipinski definition) is 3. The second-order valence-electron chi connectivity index (χ2n) is 4.47. The molecule has 0 atom stereocenters. The zero-order valence-electron chi connectivity index (χ0n) is 8.91. The molecule has 2 aliphatic carbocycles. The van der Waals surface area contributed by atoms with Crippen molar-refractivity contribution in [2.24, 2.45) is 11.1 Å². The quantitative estimate of drug-likeness (QED) is 0.564. The highest BCUT2D eigenvalue weighted by molar-refractivity contribution is 7.80. The lowest BCUT2D eigenvalue weighted by Crippen LogP contribution is -2.44. The standard InChI is InChI=1S/C10H15N3O2S/c11-8(16)10(3-4-10)9(15)12-5-7(14)13-6-1-2-6/h6H,1-5H2,(H2,11,16)(H,12,15)(H,13,14). The fourth-order valence-corrected chi connectivity index (χ4v) is 1.84. The van der Waals surface area contributed by atoms with E-state index in [-0.39, 0.29) is 23.3 Å². The maximum Gasteiger partial charge on any atom is 0.239 e. The summed E-state index contributed by atoms with van der Waals surface area (Å²) in [7, 11) is 0. The monoisotopic (exact) mass is 241 g/mol. The first-order valence-electron chi connectivity index (χ1n) is 5.42. The van der Waals surface area contributed by atoms with Gasteiger partial charge >= 0.3 is 0 Å². The van der Waals surface area contributed by atoms with Crippen LogP contribution < -0.4 is 16.4 Å². The minimum Gasteiger partial charge on any atom is -0.392 e. The molecule has 0 aliphatic heterocycles. The topological polar surface area (TPSA) is 84.2 Å². The molecule has 0 aromatic carbocycles. The van der Waals surface area contributed by atoms with Gasteiger partial charge in [0.1, 0.15) is 0 Å². The van der Waals surface area contributed by atoms with E-state index in [1.165, 1.54) is 0 Å². The van der Waals surface area contributed by atoms with Crippen LogP contribution in [-0.2, 0) is 9.59 Å². The van der Waals surface area contributed by atoms with Crippen LogP contribution in [0.2, 0.25) is 0 Å². The van der Waals surface area contributed by atoms with Gasteiger partial charge in [-0.2, -0.15) is 0 Å². The predicted octanol–water partition coefficient (Wildman–Crippen LogP) is -0.553. The van der Waals surface area contributed by atoms with Crippen LogP contribution >= 0.6 is 12.2 Å². The molecule has 0 radical (unpaired) electrons. The number of amides is 2. The Labute approximate surface area is 99.1 Å². The summed E-state index contributed by atoms with van der Waals surface area (Å²) in [4.78, 5) is 23.3. The number of nitrogens with one attached hydrogen (secondary N) is 2. The molecule has 0 saturated heterocycles. The minimum absolute atomic E-state index is 0.0136. The molecule has 2 aliphatic rings. The summed E-state index contributed by atoms with van der Waals surface area (Å²) in [5.41, 5.74) is 4.83. The van der Waals surface area contributed by atoms with Gasteiger partial charge < -0.3 is 16.4 Å². The molecule has 4 N–H and O–H groups in total. The molecule has 5 nitrogen and oxygen atoms in total. The van der Waals surface area contributed by atoms with Crippen molar-refractivity contribution >= 4 is 29.0 Å². The number of carbonyl (C=O) groups excluding carboxylic acids is 2. The Morgan fingerprint density at radius 3 is 2.44 bits per heavy atom. The Morgan fingerprint density at radius 1 is 1.38 bits per heavy atom. The number of thiocarbonyl (C=S) groups is 1. The summed E-state index contributed by atoms with van der Waals surface area (Å²) >= 11 is 4.85. The summed E-state index contributed by atoms with van der Waals surface area (Å²) < 4.78 is 0. The van der Waals surface area contributed by atoms with Gasteiger partial charge in [-0.1, -0.05) is 12.2 Å². The number of rotatable bonds is 5. The van der Waals surface area contributed by atoms with Crippen LogP contribution in [0.3, 0.4) is 0 Å². The fraction of sp³-hybridized carbons (Fsp3) is 0.700. The van der Waals surface area contributed by atoms with E-state index in [9.17, 15) is 9.59 Å². The molecule has 0 bridgehead atoms. The maximum absolute atomic E-state index is 11.7. The first-order chi connectivity index (χ1) is 7.54. The van der Waals surface area contributed by atoms with E-state index in [4.69, 9.17) is 18.0 Å². The van der Waals surface area contributed by atoms with Crippen LogP contribution in [0, 0.1) is 5.41 Å². The molecule has 16 heavy (non-hydrogen) atoms. The summed E-state index contributed by atoms with van der Waals surface area (Å²) in [5, 5.41) is 5.37. The van der Waals surface area contributed by atoms with Crippen LogP contribution in [0.4, 0.5) is 0 Å². The SMILES string of the molecule is NC(=S)C1(C(=O)NCC(=O)NC2CC2)CC1. The fourth-order valence-electron chi connectivity index (χ4n) is 1.55. The van der Waals surface area contributed by atoms with E-state index in [0.29, 0.717) is 18.9 Å². The maximum atomic E-state index is 11.7. The van der Waals surface area contributed by atoms with Gasteiger partial charge in [0, 0.05) is 6.04 Å². The average molecular weight is 241 g/mol. The number of nitrogens with two attached hydrogens (primary N) is 1. The molecule has 2 saturated carbocycles. The molecule has 0 spiro atoms. The lowest BCUT2D eigenvalue weighted by Gasteiger charge is -2.13. The third kappa shape index (κ3) is 2.32. The Balaban J connectivity index is 1.75. The van der Waals surface area contributed by atoms with Gasteiger partial charge in [0.2, 0.25) is 11.8 Å². The van der Waals surface area contributed by atoms with Crippen LogP contribution in [-0.4, -0.2) is 29.4 Å². The second kappa shape index (κ2) is 4.01. The van der Waals surface area contributed by atoms with E-state index >= 15 is 0 Å². The molecular formula is C10H15N3O2S. The molecule has 0 heterocycles. The Bertz CT molecular complexity index is 348. The highest BCUT2D eigenvalue weighted by atomic mass is 32.1. The highest BCUT2D eigenvalue weighted by Gasteiger charge is 2.52. The Hall–Kier alpha value is -1.17. The normalized spacial score (nSPS) is 21.0. The van der Waals surface area contributed by atoms with E-state index < -0.39 is 5.41 Å².